The number of carboxylic acid groups (broad SMARTS) is 1. The number of ether oxygens (including phenoxy) is 3. The predicted octanol–water partition coefficient (Wildman–Crippen LogP) is -0.885. The summed E-state index contributed by atoms with van der Waals surface area (Å²) < 4.78 is 14.9. The first kappa shape index (κ1) is 14.9. The summed E-state index contributed by atoms with van der Waals surface area (Å²) in [5.74, 6) is 1.01. The highest BCUT2D eigenvalue weighted by Gasteiger charge is 2.12. The SMILES string of the molecule is C#CCOCCOCCOCC(O)C(=O)O. The second kappa shape index (κ2) is 10.4. The average Bonchev–Trinajstić information content (AvgIpc) is 2.26. The van der Waals surface area contributed by atoms with Crippen molar-refractivity contribution >= 4 is 5.97 Å². The zero-order chi connectivity index (χ0) is 12.2. The number of terminal acetylenes is 1. The molecule has 16 heavy (non-hydrogen) atoms. The fraction of sp³-hybridized carbons (Fsp3) is 0.700. The normalized spacial score (nSPS) is 12.0. The van der Waals surface area contributed by atoms with Gasteiger partial charge in [-0.3, -0.25) is 0 Å². The molecule has 0 fully saturated rings. The molecule has 1 unspecified atom stereocenters. The van der Waals surface area contributed by atoms with E-state index in [9.17, 15) is 4.79 Å². The Morgan fingerprint density at radius 3 is 2.31 bits per heavy atom. The predicted molar refractivity (Wildman–Crippen MR) is 54.9 cm³/mol. The fourth-order valence-electron chi connectivity index (χ4n) is 0.735. The third-order valence-electron chi connectivity index (χ3n) is 1.49. The Labute approximate surface area is 94.1 Å². The molecular formula is C10H16O6. The highest BCUT2D eigenvalue weighted by atomic mass is 16.5. The molecule has 2 N–H and O–H groups in total. The molecule has 0 aromatic carbocycles. The lowest BCUT2D eigenvalue weighted by atomic mass is 10.4. The van der Waals surface area contributed by atoms with E-state index in [0.29, 0.717) is 19.8 Å². The van der Waals surface area contributed by atoms with Crippen LogP contribution in [0.15, 0.2) is 0 Å². The van der Waals surface area contributed by atoms with Crippen molar-refractivity contribution in [1.29, 1.82) is 0 Å². The topological polar surface area (TPSA) is 85.2 Å². The Kier molecular flexibility index (Phi) is 9.66. The van der Waals surface area contributed by atoms with Gasteiger partial charge in [0.1, 0.15) is 6.61 Å². The maximum absolute atomic E-state index is 10.2. The van der Waals surface area contributed by atoms with Gasteiger partial charge in [-0.25, -0.2) is 4.79 Å². The van der Waals surface area contributed by atoms with E-state index in [-0.39, 0.29) is 19.8 Å². The molecule has 0 aliphatic rings. The summed E-state index contributed by atoms with van der Waals surface area (Å²) in [5, 5.41) is 17.1. The lowest BCUT2D eigenvalue weighted by Gasteiger charge is -2.07. The standard InChI is InChI=1S/C10H16O6/c1-2-3-14-4-5-15-6-7-16-8-9(11)10(12)13/h1,9,11H,3-8H2,(H,12,13). The zero-order valence-corrected chi connectivity index (χ0v) is 8.92. The summed E-state index contributed by atoms with van der Waals surface area (Å²) >= 11 is 0. The molecule has 1 atom stereocenters. The molecule has 92 valence electrons. The molecule has 6 nitrogen and oxygen atoms in total. The van der Waals surface area contributed by atoms with Crippen LogP contribution in [0.25, 0.3) is 0 Å². The largest absolute Gasteiger partial charge is 0.479 e. The first-order valence-corrected chi connectivity index (χ1v) is 4.76. The molecule has 0 aromatic heterocycles. The van der Waals surface area contributed by atoms with Crippen molar-refractivity contribution in [2.75, 3.05) is 39.6 Å². The molecule has 0 heterocycles. The van der Waals surface area contributed by atoms with Gasteiger partial charge in [0.15, 0.2) is 6.10 Å². The highest BCUT2D eigenvalue weighted by Crippen LogP contribution is 1.86. The van der Waals surface area contributed by atoms with Gasteiger partial charge in [0.25, 0.3) is 0 Å². The first-order valence-electron chi connectivity index (χ1n) is 4.76. The molecule has 0 saturated carbocycles. The summed E-state index contributed by atoms with van der Waals surface area (Å²) in [5.41, 5.74) is 0. The van der Waals surface area contributed by atoms with Crippen LogP contribution in [0.3, 0.4) is 0 Å². The number of hydrogen-bond acceptors (Lipinski definition) is 5. The van der Waals surface area contributed by atoms with Crippen LogP contribution in [0.2, 0.25) is 0 Å². The van der Waals surface area contributed by atoms with Gasteiger partial charge in [0.2, 0.25) is 0 Å². The molecule has 6 heteroatoms. The van der Waals surface area contributed by atoms with Crippen molar-refractivity contribution in [3.63, 3.8) is 0 Å². The van der Waals surface area contributed by atoms with E-state index >= 15 is 0 Å². The minimum atomic E-state index is -1.49. The van der Waals surface area contributed by atoms with Crippen LogP contribution in [0.4, 0.5) is 0 Å². The summed E-state index contributed by atoms with van der Waals surface area (Å²) in [4.78, 5) is 10.2. The molecule has 0 radical (unpaired) electrons. The smallest absolute Gasteiger partial charge is 0.334 e. The van der Waals surface area contributed by atoms with Gasteiger partial charge in [-0.1, -0.05) is 5.92 Å². The number of rotatable bonds is 10. The molecule has 0 rings (SSSR count). The van der Waals surface area contributed by atoms with E-state index in [0.717, 1.165) is 0 Å². The van der Waals surface area contributed by atoms with E-state index in [1.165, 1.54) is 0 Å². The third-order valence-corrected chi connectivity index (χ3v) is 1.49. The molecule has 0 aliphatic carbocycles. The number of hydrogen-bond donors (Lipinski definition) is 2. The van der Waals surface area contributed by atoms with Crippen LogP contribution in [-0.2, 0) is 19.0 Å². The van der Waals surface area contributed by atoms with Gasteiger partial charge in [0, 0.05) is 0 Å². The minimum Gasteiger partial charge on any atom is -0.479 e. The molecule has 0 saturated heterocycles. The molecule has 0 aromatic rings. The average molecular weight is 232 g/mol. The van der Waals surface area contributed by atoms with Crippen LogP contribution in [0, 0.1) is 12.3 Å². The van der Waals surface area contributed by atoms with Crippen molar-refractivity contribution in [1.82, 2.24) is 0 Å². The van der Waals surface area contributed by atoms with E-state index in [2.05, 4.69) is 5.92 Å². The lowest BCUT2D eigenvalue weighted by molar-refractivity contribution is -0.150. The third kappa shape index (κ3) is 9.43. The van der Waals surface area contributed by atoms with Crippen molar-refractivity contribution in [3.05, 3.63) is 0 Å². The van der Waals surface area contributed by atoms with Crippen molar-refractivity contribution in [3.8, 4) is 12.3 Å². The Morgan fingerprint density at radius 1 is 1.19 bits per heavy atom. The van der Waals surface area contributed by atoms with E-state index in [1.807, 2.05) is 0 Å². The molecular weight excluding hydrogens is 216 g/mol. The van der Waals surface area contributed by atoms with Gasteiger partial charge >= 0.3 is 5.97 Å². The Morgan fingerprint density at radius 2 is 1.75 bits per heavy atom. The molecule has 0 spiro atoms. The second-order valence-electron chi connectivity index (χ2n) is 2.80. The lowest BCUT2D eigenvalue weighted by Crippen LogP contribution is -2.26. The Hall–Kier alpha value is -1.13. The van der Waals surface area contributed by atoms with Gasteiger partial charge < -0.3 is 24.4 Å². The van der Waals surface area contributed by atoms with Crippen LogP contribution in [0.5, 0.6) is 0 Å². The quantitative estimate of drug-likeness (QED) is 0.375. The molecule has 0 aliphatic heterocycles. The number of aliphatic hydroxyl groups excluding tert-OH is 1. The van der Waals surface area contributed by atoms with Gasteiger partial charge in [-0.2, -0.15) is 0 Å². The fourth-order valence-corrected chi connectivity index (χ4v) is 0.735. The number of aliphatic hydroxyl groups is 1. The summed E-state index contributed by atoms with van der Waals surface area (Å²) in [6.07, 6.45) is 3.47. The number of aliphatic carboxylic acids is 1. The molecule has 0 bridgehead atoms. The second-order valence-corrected chi connectivity index (χ2v) is 2.80. The summed E-state index contributed by atoms with van der Waals surface area (Å²) in [7, 11) is 0. The van der Waals surface area contributed by atoms with E-state index in [4.69, 9.17) is 30.8 Å². The highest BCUT2D eigenvalue weighted by molar-refractivity contribution is 5.71. The Bertz CT molecular complexity index is 222. The van der Waals surface area contributed by atoms with Crippen molar-refractivity contribution in [2.45, 2.75) is 6.10 Å². The van der Waals surface area contributed by atoms with Crippen LogP contribution < -0.4 is 0 Å². The Balaban J connectivity index is 3.10. The van der Waals surface area contributed by atoms with Gasteiger partial charge in [-0.05, 0) is 0 Å². The number of carboxylic acids is 1. The summed E-state index contributed by atoms with van der Waals surface area (Å²) in [6, 6.07) is 0. The van der Waals surface area contributed by atoms with Crippen LogP contribution >= 0.6 is 0 Å². The monoisotopic (exact) mass is 232 g/mol. The van der Waals surface area contributed by atoms with Gasteiger partial charge in [0.05, 0.1) is 33.0 Å². The maximum Gasteiger partial charge on any atom is 0.334 e. The number of carbonyl (C=O) groups is 1. The zero-order valence-electron chi connectivity index (χ0n) is 8.92. The van der Waals surface area contributed by atoms with Crippen LogP contribution in [0.1, 0.15) is 0 Å². The first-order chi connectivity index (χ1) is 7.68. The summed E-state index contributed by atoms with van der Waals surface area (Å²) in [6.45, 7) is 1.34. The maximum atomic E-state index is 10.2. The van der Waals surface area contributed by atoms with Crippen LogP contribution in [-0.4, -0.2) is 61.9 Å². The van der Waals surface area contributed by atoms with Crippen molar-refractivity contribution in [2.24, 2.45) is 0 Å². The van der Waals surface area contributed by atoms with Crippen molar-refractivity contribution < 1.29 is 29.2 Å². The minimum absolute atomic E-state index is 0.222. The van der Waals surface area contributed by atoms with E-state index in [1.54, 1.807) is 0 Å². The molecule has 0 amide bonds. The van der Waals surface area contributed by atoms with E-state index < -0.39 is 12.1 Å². The van der Waals surface area contributed by atoms with Gasteiger partial charge in [-0.15, -0.1) is 6.42 Å².